The van der Waals surface area contributed by atoms with Crippen LogP contribution >= 0.6 is 22.6 Å². The number of ether oxygens (including phenoxy) is 1. The van der Waals surface area contributed by atoms with Gasteiger partial charge in [-0.3, -0.25) is 0 Å². The predicted octanol–water partition coefficient (Wildman–Crippen LogP) is 3.14. The Morgan fingerprint density at radius 1 is 1.42 bits per heavy atom. The van der Waals surface area contributed by atoms with Gasteiger partial charge in [-0.1, -0.05) is 6.07 Å². The van der Waals surface area contributed by atoms with Crippen LogP contribution in [0.2, 0.25) is 0 Å². The maximum atomic E-state index is 5.70. The van der Waals surface area contributed by atoms with E-state index in [1.54, 1.807) is 0 Å². The molecule has 0 heterocycles. The average Bonchev–Trinajstić information content (AvgIpc) is 2.79. The highest BCUT2D eigenvalue weighted by atomic mass is 127. The minimum atomic E-state index is 0.501. The SMILES string of the molecule is Cc1ccc(OC2CC2)c(I)c1. The maximum Gasteiger partial charge on any atom is 0.133 e. The van der Waals surface area contributed by atoms with Gasteiger partial charge in [-0.15, -0.1) is 0 Å². The number of hydrogen-bond acceptors (Lipinski definition) is 1. The largest absolute Gasteiger partial charge is 0.489 e. The Kier molecular flexibility index (Phi) is 2.26. The van der Waals surface area contributed by atoms with Crippen LogP contribution in [0.1, 0.15) is 18.4 Å². The van der Waals surface area contributed by atoms with Crippen LogP contribution in [0.15, 0.2) is 18.2 Å². The standard InChI is InChI=1S/C10H11IO/c1-7-2-5-10(9(11)6-7)12-8-3-4-8/h2,5-6,8H,3-4H2,1H3. The summed E-state index contributed by atoms with van der Waals surface area (Å²) in [5, 5.41) is 0. The number of aryl methyl sites for hydroxylation is 1. The van der Waals surface area contributed by atoms with Crippen LogP contribution in [0.25, 0.3) is 0 Å². The predicted molar refractivity (Wildman–Crippen MR) is 57.5 cm³/mol. The highest BCUT2D eigenvalue weighted by molar-refractivity contribution is 14.1. The highest BCUT2D eigenvalue weighted by Gasteiger charge is 2.24. The van der Waals surface area contributed by atoms with E-state index < -0.39 is 0 Å². The van der Waals surface area contributed by atoms with Crippen LogP contribution in [0.4, 0.5) is 0 Å². The van der Waals surface area contributed by atoms with Crippen molar-refractivity contribution in [2.24, 2.45) is 0 Å². The van der Waals surface area contributed by atoms with E-state index in [0.717, 1.165) is 5.75 Å². The first-order chi connectivity index (χ1) is 5.75. The van der Waals surface area contributed by atoms with Crippen molar-refractivity contribution in [3.05, 3.63) is 27.3 Å². The summed E-state index contributed by atoms with van der Waals surface area (Å²) in [4.78, 5) is 0. The van der Waals surface area contributed by atoms with Gasteiger partial charge in [-0.25, -0.2) is 0 Å². The zero-order chi connectivity index (χ0) is 8.55. The molecule has 0 saturated heterocycles. The van der Waals surface area contributed by atoms with Gasteiger partial charge in [0.15, 0.2) is 0 Å². The lowest BCUT2D eigenvalue weighted by Crippen LogP contribution is -1.97. The fourth-order valence-corrected chi connectivity index (χ4v) is 1.87. The van der Waals surface area contributed by atoms with Crippen molar-refractivity contribution in [3.8, 4) is 5.75 Å². The molecule has 1 aromatic carbocycles. The summed E-state index contributed by atoms with van der Waals surface area (Å²) in [6.45, 7) is 2.10. The molecule has 64 valence electrons. The van der Waals surface area contributed by atoms with E-state index in [4.69, 9.17) is 4.74 Å². The molecule has 1 aromatic rings. The second kappa shape index (κ2) is 3.24. The van der Waals surface area contributed by atoms with E-state index in [1.807, 2.05) is 0 Å². The number of halogens is 1. The third-order valence-electron chi connectivity index (χ3n) is 1.91. The van der Waals surface area contributed by atoms with E-state index in [9.17, 15) is 0 Å². The van der Waals surface area contributed by atoms with Gasteiger partial charge in [0.05, 0.1) is 9.67 Å². The van der Waals surface area contributed by atoms with Gasteiger partial charge in [0, 0.05) is 0 Å². The zero-order valence-corrected chi connectivity index (χ0v) is 9.17. The molecule has 0 N–H and O–H groups in total. The highest BCUT2D eigenvalue weighted by Crippen LogP contribution is 2.30. The summed E-state index contributed by atoms with van der Waals surface area (Å²) >= 11 is 2.32. The van der Waals surface area contributed by atoms with Gasteiger partial charge in [0.2, 0.25) is 0 Å². The minimum absolute atomic E-state index is 0.501. The molecule has 0 amide bonds. The third kappa shape index (κ3) is 1.91. The summed E-state index contributed by atoms with van der Waals surface area (Å²) in [6.07, 6.45) is 2.95. The van der Waals surface area contributed by atoms with Gasteiger partial charge in [-0.2, -0.15) is 0 Å². The van der Waals surface area contributed by atoms with Crippen molar-refractivity contribution in [2.45, 2.75) is 25.9 Å². The van der Waals surface area contributed by atoms with E-state index >= 15 is 0 Å². The molecule has 0 radical (unpaired) electrons. The first-order valence-electron chi connectivity index (χ1n) is 4.18. The third-order valence-corrected chi connectivity index (χ3v) is 2.75. The van der Waals surface area contributed by atoms with Crippen LogP contribution in [-0.4, -0.2) is 6.10 Å². The van der Waals surface area contributed by atoms with Crippen LogP contribution in [0.5, 0.6) is 5.75 Å². The molecule has 0 atom stereocenters. The molecule has 12 heavy (non-hydrogen) atoms. The van der Waals surface area contributed by atoms with E-state index in [2.05, 4.69) is 47.7 Å². The van der Waals surface area contributed by atoms with Gasteiger partial charge in [0.25, 0.3) is 0 Å². The average molecular weight is 274 g/mol. The van der Waals surface area contributed by atoms with E-state index in [1.165, 1.54) is 22.0 Å². The second-order valence-electron chi connectivity index (χ2n) is 3.25. The normalized spacial score (nSPS) is 16.2. The molecule has 0 unspecified atom stereocenters. The Balaban J connectivity index is 2.18. The molecule has 1 saturated carbocycles. The summed E-state index contributed by atoms with van der Waals surface area (Å²) in [7, 11) is 0. The van der Waals surface area contributed by atoms with Crippen LogP contribution in [-0.2, 0) is 0 Å². The van der Waals surface area contributed by atoms with Gasteiger partial charge < -0.3 is 4.74 Å². The Labute approximate surface area is 86.3 Å². The summed E-state index contributed by atoms with van der Waals surface area (Å²) in [5.74, 6) is 1.05. The minimum Gasteiger partial charge on any atom is -0.489 e. The van der Waals surface area contributed by atoms with Crippen LogP contribution < -0.4 is 4.74 Å². The molecule has 1 fully saturated rings. The van der Waals surface area contributed by atoms with E-state index in [-0.39, 0.29) is 0 Å². The molecule has 0 aliphatic heterocycles. The molecular formula is C10H11IO. The summed E-state index contributed by atoms with van der Waals surface area (Å²) in [5.41, 5.74) is 1.29. The van der Waals surface area contributed by atoms with Gasteiger partial charge in [-0.05, 0) is 60.1 Å². The Morgan fingerprint density at radius 2 is 2.17 bits per heavy atom. The van der Waals surface area contributed by atoms with Gasteiger partial charge in [0.1, 0.15) is 5.75 Å². The molecule has 0 bridgehead atoms. The Bertz CT molecular complexity index is 292. The Hall–Kier alpha value is -0.250. The first-order valence-corrected chi connectivity index (χ1v) is 5.26. The lowest BCUT2D eigenvalue weighted by molar-refractivity contribution is 0.301. The lowest BCUT2D eigenvalue weighted by Gasteiger charge is -2.06. The molecule has 2 rings (SSSR count). The van der Waals surface area contributed by atoms with Crippen molar-refractivity contribution in [1.82, 2.24) is 0 Å². The summed E-state index contributed by atoms with van der Waals surface area (Å²) in [6, 6.07) is 6.31. The quantitative estimate of drug-likeness (QED) is 0.753. The number of hydrogen-bond donors (Lipinski definition) is 0. The molecule has 1 aliphatic rings. The first kappa shape index (κ1) is 8.35. The molecular weight excluding hydrogens is 263 g/mol. The lowest BCUT2D eigenvalue weighted by atomic mass is 10.2. The van der Waals surface area contributed by atoms with Crippen LogP contribution in [0, 0.1) is 10.5 Å². The van der Waals surface area contributed by atoms with Crippen molar-refractivity contribution in [3.63, 3.8) is 0 Å². The second-order valence-corrected chi connectivity index (χ2v) is 4.41. The zero-order valence-electron chi connectivity index (χ0n) is 7.01. The Morgan fingerprint density at radius 3 is 2.75 bits per heavy atom. The van der Waals surface area contributed by atoms with Crippen molar-refractivity contribution >= 4 is 22.6 Å². The van der Waals surface area contributed by atoms with Crippen LogP contribution in [0.3, 0.4) is 0 Å². The number of rotatable bonds is 2. The van der Waals surface area contributed by atoms with Gasteiger partial charge >= 0.3 is 0 Å². The van der Waals surface area contributed by atoms with Crippen molar-refractivity contribution < 1.29 is 4.74 Å². The molecule has 1 nitrogen and oxygen atoms in total. The maximum absolute atomic E-state index is 5.70. The van der Waals surface area contributed by atoms with E-state index in [0.29, 0.717) is 6.10 Å². The molecule has 1 aliphatic carbocycles. The number of benzene rings is 1. The topological polar surface area (TPSA) is 9.23 Å². The van der Waals surface area contributed by atoms with Crippen molar-refractivity contribution in [2.75, 3.05) is 0 Å². The summed E-state index contributed by atoms with van der Waals surface area (Å²) < 4.78 is 6.93. The van der Waals surface area contributed by atoms with Crippen molar-refractivity contribution in [1.29, 1.82) is 0 Å². The molecule has 0 spiro atoms. The molecule has 0 aromatic heterocycles. The fourth-order valence-electron chi connectivity index (χ4n) is 1.07. The fraction of sp³-hybridized carbons (Fsp3) is 0.400. The monoisotopic (exact) mass is 274 g/mol. The molecule has 2 heteroatoms. The smallest absolute Gasteiger partial charge is 0.133 e.